The van der Waals surface area contributed by atoms with Crippen LogP contribution in [0.15, 0.2) is 227 Å². The maximum Gasteiger partial charge on any atom is 0.164 e. The fourth-order valence-electron chi connectivity index (χ4n) is 10.1. The summed E-state index contributed by atoms with van der Waals surface area (Å²) in [6.07, 6.45) is 0. The summed E-state index contributed by atoms with van der Waals surface area (Å²) in [5, 5.41) is 9.10. The van der Waals surface area contributed by atoms with Crippen LogP contribution in [0.25, 0.3) is 139 Å². The highest BCUT2D eigenvalue weighted by molar-refractivity contribution is 6.17. The number of nitrogens with zero attached hydrogens (tertiary/aromatic N) is 4. The van der Waals surface area contributed by atoms with Crippen LogP contribution >= 0.6 is 0 Å². The Labute approximate surface area is 397 Å². The standard InChI is InChI=1S/C61H36N4O2.C2H6/c1-2-14-37(15-3-1)59-62-60(64-61(63-59)43-30-31-48-47-22-6-8-27-53(47)67-56(48)36-43)42-20-11-21-44(33-42)65-52-35-39-17-5-4-16-38(39)34-51(52)49-26-12-25-46(58(49)65)41-19-10-18-40(32-41)45-24-13-29-55-57(45)50-23-7-9-28-54(50)66-55;1-2/h1-36H;1-2H3. The van der Waals surface area contributed by atoms with Gasteiger partial charge in [-0.15, -0.1) is 0 Å². The van der Waals surface area contributed by atoms with E-state index in [1.165, 1.54) is 21.5 Å². The molecule has 0 aliphatic carbocycles. The van der Waals surface area contributed by atoms with E-state index in [0.717, 1.165) is 99.5 Å². The molecule has 4 aromatic heterocycles. The summed E-state index contributed by atoms with van der Waals surface area (Å²) in [4.78, 5) is 15.4. The van der Waals surface area contributed by atoms with Crippen LogP contribution in [0.3, 0.4) is 0 Å². The molecule has 0 amide bonds. The number of aromatic nitrogens is 4. The lowest BCUT2D eigenvalue weighted by atomic mass is 9.95. The molecule has 10 aromatic carbocycles. The smallest absolute Gasteiger partial charge is 0.164 e. The molecule has 6 heteroatoms. The fraction of sp³-hybridized carbons (Fsp3) is 0.0317. The van der Waals surface area contributed by atoms with E-state index in [1.54, 1.807) is 0 Å². The van der Waals surface area contributed by atoms with Gasteiger partial charge in [-0.2, -0.15) is 0 Å². The molecule has 0 radical (unpaired) electrons. The average molecular weight is 887 g/mol. The van der Waals surface area contributed by atoms with Crippen molar-refractivity contribution in [2.75, 3.05) is 0 Å². The number of hydrogen-bond donors (Lipinski definition) is 0. The number of fused-ring (bicyclic) bond motifs is 10. The van der Waals surface area contributed by atoms with Crippen molar-refractivity contribution < 1.29 is 8.83 Å². The first-order valence-electron chi connectivity index (χ1n) is 23.5. The highest BCUT2D eigenvalue weighted by Crippen LogP contribution is 2.43. The first-order valence-corrected chi connectivity index (χ1v) is 23.5. The van der Waals surface area contributed by atoms with E-state index in [2.05, 4.69) is 156 Å². The van der Waals surface area contributed by atoms with Gasteiger partial charge in [-0.05, 0) is 88.1 Å². The maximum atomic E-state index is 6.32. The summed E-state index contributed by atoms with van der Waals surface area (Å²) in [7, 11) is 0. The summed E-state index contributed by atoms with van der Waals surface area (Å²) in [5.41, 5.74) is 13.8. The minimum Gasteiger partial charge on any atom is -0.456 e. The SMILES string of the molecule is CC.c1ccc(-c2nc(-c3cccc(-n4c5cc6ccccc6cc5c5cccc(-c6cccc(-c7cccc8oc9ccccc9c78)c6)c54)c3)nc(-c3ccc4c(c3)oc3ccccc34)n2)cc1. The molecule has 326 valence electrons. The molecule has 6 nitrogen and oxygen atoms in total. The summed E-state index contributed by atoms with van der Waals surface area (Å²) in [5.74, 6) is 1.75. The minimum atomic E-state index is 0.571. The third kappa shape index (κ3) is 6.68. The Morgan fingerprint density at radius 1 is 0.333 bits per heavy atom. The number of para-hydroxylation sites is 3. The van der Waals surface area contributed by atoms with E-state index in [1.807, 2.05) is 80.6 Å². The molecule has 0 bridgehead atoms. The predicted molar refractivity (Wildman–Crippen MR) is 285 cm³/mol. The molecule has 0 N–H and O–H groups in total. The van der Waals surface area contributed by atoms with Crippen molar-refractivity contribution >= 4 is 76.5 Å². The Hall–Kier alpha value is -9.13. The Kier molecular flexibility index (Phi) is 9.51. The van der Waals surface area contributed by atoms with Gasteiger partial charge in [0, 0.05) is 60.3 Å². The molecule has 0 aliphatic rings. The van der Waals surface area contributed by atoms with Gasteiger partial charge >= 0.3 is 0 Å². The Bertz CT molecular complexity index is 4290. The van der Waals surface area contributed by atoms with Crippen molar-refractivity contribution in [3.63, 3.8) is 0 Å². The van der Waals surface area contributed by atoms with Gasteiger partial charge in [0.2, 0.25) is 0 Å². The van der Waals surface area contributed by atoms with Crippen molar-refractivity contribution in [1.29, 1.82) is 0 Å². The predicted octanol–water partition coefficient (Wildman–Crippen LogP) is 17.3. The van der Waals surface area contributed by atoms with Crippen LogP contribution in [-0.4, -0.2) is 19.5 Å². The zero-order valence-corrected chi connectivity index (χ0v) is 37.9. The molecule has 0 saturated heterocycles. The number of rotatable bonds is 6. The van der Waals surface area contributed by atoms with E-state index in [9.17, 15) is 0 Å². The lowest BCUT2D eigenvalue weighted by Gasteiger charge is -2.14. The van der Waals surface area contributed by atoms with Gasteiger partial charge in [0.15, 0.2) is 17.5 Å². The zero-order valence-electron chi connectivity index (χ0n) is 37.9. The van der Waals surface area contributed by atoms with E-state index in [4.69, 9.17) is 23.8 Å². The molecule has 0 aliphatic heterocycles. The summed E-state index contributed by atoms with van der Waals surface area (Å²) >= 11 is 0. The molecule has 14 rings (SSSR count). The summed E-state index contributed by atoms with van der Waals surface area (Å²) < 4.78 is 15.1. The molecule has 0 atom stereocenters. The van der Waals surface area contributed by atoms with Gasteiger partial charge in [0.1, 0.15) is 22.3 Å². The van der Waals surface area contributed by atoms with Gasteiger partial charge in [-0.3, -0.25) is 0 Å². The topological polar surface area (TPSA) is 69.9 Å². The van der Waals surface area contributed by atoms with E-state index in [0.29, 0.717) is 17.5 Å². The van der Waals surface area contributed by atoms with Crippen molar-refractivity contribution in [2.24, 2.45) is 0 Å². The Morgan fingerprint density at radius 3 is 1.68 bits per heavy atom. The van der Waals surface area contributed by atoms with Gasteiger partial charge in [0.05, 0.1) is 11.0 Å². The van der Waals surface area contributed by atoms with E-state index < -0.39 is 0 Å². The number of hydrogen-bond acceptors (Lipinski definition) is 5. The molecular formula is C63H42N4O2. The minimum absolute atomic E-state index is 0.571. The largest absolute Gasteiger partial charge is 0.456 e. The molecule has 0 saturated carbocycles. The second-order valence-electron chi connectivity index (χ2n) is 17.1. The monoisotopic (exact) mass is 886 g/mol. The fourth-order valence-corrected chi connectivity index (χ4v) is 10.1. The number of benzene rings is 10. The third-order valence-corrected chi connectivity index (χ3v) is 13.2. The van der Waals surface area contributed by atoms with Crippen LogP contribution < -0.4 is 0 Å². The van der Waals surface area contributed by atoms with Crippen LogP contribution in [0, 0.1) is 0 Å². The summed E-state index contributed by atoms with van der Waals surface area (Å²) in [6.45, 7) is 4.00. The van der Waals surface area contributed by atoms with Crippen LogP contribution in [-0.2, 0) is 0 Å². The average Bonchev–Trinajstić information content (AvgIpc) is 4.10. The second-order valence-corrected chi connectivity index (χ2v) is 17.1. The molecule has 4 heterocycles. The van der Waals surface area contributed by atoms with Gasteiger partial charge < -0.3 is 13.4 Å². The lowest BCUT2D eigenvalue weighted by Crippen LogP contribution is -2.01. The lowest BCUT2D eigenvalue weighted by molar-refractivity contribution is 0.668. The molecule has 0 fully saturated rings. The van der Waals surface area contributed by atoms with Crippen LogP contribution in [0.1, 0.15) is 13.8 Å². The van der Waals surface area contributed by atoms with Crippen LogP contribution in [0.5, 0.6) is 0 Å². The third-order valence-electron chi connectivity index (χ3n) is 13.2. The van der Waals surface area contributed by atoms with Crippen LogP contribution in [0.4, 0.5) is 0 Å². The molecule has 0 unspecified atom stereocenters. The maximum absolute atomic E-state index is 6.32. The zero-order chi connectivity index (χ0) is 46.0. The van der Waals surface area contributed by atoms with E-state index >= 15 is 0 Å². The number of furan rings is 2. The highest BCUT2D eigenvalue weighted by atomic mass is 16.3. The second kappa shape index (κ2) is 16.3. The van der Waals surface area contributed by atoms with Gasteiger partial charge in [-0.25, -0.2) is 15.0 Å². The van der Waals surface area contributed by atoms with Gasteiger partial charge in [-0.1, -0.05) is 172 Å². The Balaban J connectivity index is 0.00000232. The first kappa shape index (κ1) is 40.2. The highest BCUT2D eigenvalue weighted by Gasteiger charge is 2.21. The van der Waals surface area contributed by atoms with Crippen molar-refractivity contribution in [2.45, 2.75) is 13.8 Å². The van der Waals surface area contributed by atoms with Gasteiger partial charge in [0.25, 0.3) is 0 Å². The van der Waals surface area contributed by atoms with Crippen molar-refractivity contribution in [3.8, 4) is 62.1 Å². The molecule has 0 spiro atoms. The normalized spacial score (nSPS) is 11.6. The van der Waals surface area contributed by atoms with Crippen molar-refractivity contribution in [1.82, 2.24) is 19.5 Å². The quantitative estimate of drug-likeness (QED) is 0.166. The first-order chi connectivity index (χ1) is 34.2. The molecule has 69 heavy (non-hydrogen) atoms. The van der Waals surface area contributed by atoms with E-state index in [-0.39, 0.29) is 0 Å². The Morgan fingerprint density at radius 2 is 0.870 bits per heavy atom. The van der Waals surface area contributed by atoms with Crippen LogP contribution in [0.2, 0.25) is 0 Å². The summed E-state index contributed by atoms with van der Waals surface area (Å²) in [6, 6.07) is 76.5. The molecular weight excluding hydrogens is 845 g/mol. The molecule has 14 aromatic rings. The van der Waals surface area contributed by atoms with Crippen molar-refractivity contribution in [3.05, 3.63) is 218 Å².